The van der Waals surface area contributed by atoms with Crippen molar-refractivity contribution in [3.05, 3.63) is 139 Å². The molecule has 1 radical (unpaired) electrons. The van der Waals surface area contributed by atoms with Crippen LogP contribution in [-0.2, 0) is 20.1 Å². The van der Waals surface area contributed by atoms with Crippen molar-refractivity contribution in [3.8, 4) is 33.6 Å². The molecular formula is C38H32GeIrN2O-2. The van der Waals surface area contributed by atoms with Gasteiger partial charge >= 0.3 is 106 Å². The van der Waals surface area contributed by atoms with E-state index in [1.165, 1.54) is 15.5 Å². The van der Waals surface area contributed by atoms with E-state index in [1.54, 1.807) is 6.20 Å². The van der Waals surface area contributed by atoms with Crippen LogP contribution >= 0.6 is 0 Å². The molecule has 3 nitrogen and oxygen atoms in total. The van der Waals surface area contributed by atoms with Crippen LogP contribution in [0.2, 0.25) is 17.3 Å². The molecule has 0 amide bonds. The molecule has 4 aromatic carbocycles. The van der Waals surface area contributed by atoms with Crippen LogP contribution in [-0.4, -0.2) is 23.2 Å². The first-order chi connectivity index (χ1) is 20.3. The standard InChI is InChI=1S/C23H14NO.C15H18GeN.Ir/c1-2-6-16(7-3-1)17-9-11-19-20-14-18(21-8-4-5-13-24-21)10-12-22(20)25-23(19)15-17;1-12-5-7-13(8-6-12)15-10-9-14(11-17-15)16(2,3)4;/h1-9,11-15H;5-7,9-11H,1-4H3;/q2*-1;. The Labute approximate surface area is 269 Å². The molecule has 7 rings (SSSR count). The molecule has 0 saturated carbocycles. The van der Waals surface area contributed by atoms with Gasteiger partial charge in [-0.15, -0.1) is 23.8 Å². The number of benzene rings is 4. The summed E-state index contributed by atoms with van der Waals surface area (Å²) in [6.07, 6.45) is 3.84. The molecule has 0 aliphatic rings. The first kappa shape index (κ1) is 30.6. The van der Waals surface area contributed by atoms with Gasteiger partial charge < -0.3 is 9.40 Å². The Kier molecular flexibility index (Phi) is 9.41. The van der Waals surface area contributed by atoms with E-state index in [9.17, 15) is 0 Å². The predicted molar refractivity (Wildman–Crippen MR) is 177 cm³/mol. The SMILES string of the molecule is Cc1c[c-]c(-c2cc[c]([Ge]([CH3])([CH3])[CH3])cn2)cc1.[Ir].[c-]1cc2oc3cc(-c4ccccc4)ccc3c2cc1-c1ccccn1. The maximum Gasteiger partial charge on any atom is 0.121 e. The summed E-state index contributed by atoms with van der Waals surface area (Å²) in [4.78, 5) is 8.97. The fourth-order valence-electron chi connectivity index (χ4n) is 4.86. The Morgan fingerprint density at radius 3 is 2.07 bits per heavy atom. The van der Waals surface area contributed by atoms with Gasteiger partial charge in [-0.3, -0.25) is 0 Å². The van der Waals surface area contributed by atoms with Crippen molar-refractivity contribution >= 4 is 39.6 Å². The average molecular weight is 798 g/mol. The van der Waals surface area contributed by atoms with Crippen molar-refractivity contribution < 1.29 is 24.5 Å². The molecule has 0 fully saturated rings. The number of aryl methyl sites for hydroxylation is 1. The van der Waals surface area contributed by atoms with Crippen LogP contribution < -0.4 is 4.40 Å². The summed E-state index contributed by atoms with van der Waals surface area (Å²) >= 11 is -1.73. The number of pyridine rings is 2. The van der Waals surface area contributed by atoms with Gasteiger partial charge in [-0.1, -0.05) is 60.0 Å². The summed E-state index contributed by atoms with van der Waals surface area (Å²) in [5.74, 6) is 7.15. The quantitative estimate of drug-likeness (QED) is 0.132. The molecule has 43 heavy (non-hydrogen) atoms. The largest absolute Gasteiger partial charge is 0.500 e. The van der Waals surface area contributed by atoms with E-state index < -0.39 is 13.3 Å². The van der Waals surface area contributed by atoms with Gasteiger partial charge in [0.2, 0.25) is 0 Å². The molecule has 0 atom stereocenters. The van der Waals surface area contributed by atoms with Gasteiger partial charge in [0.25, 0.3) is 0 Å². The smallest absolute Gasteiger partial charge is 0.121 e. The van der Waals surface area contributed by atoms with E-state index in [-0.39, 0.29) is 20.1 Å². The third kappa shape index (κ3) is 7.05. The minimum absolute atomic E-state index is 0. The molecule has 215 valence electrons. The van der Waals surface area contributed by atoms with Crippen LogP contribution in [0.5, 0.6) is 0 Å². The number of furan rings is 1. The fraction of sp³-hybridized carbons (Fsp3) is 0.105. The Morgan fingerprint density at radius 1 is 0.628 bits per heavy atom. The summed E-state index contributed by atoms with van der Waals surface area (Å²) in [5, 5.41) is 2.20. The maximum absolute atomic E-state index is 6.05. The molecule has 0 aliphatic carbocycles. The normalized spacial score (nSPS) is 11.1. The van der Waals surface area contributed by atoms with Gasteiger partial charge in [-0.2, -0.15) is 0 Å². The molecule has 3 aromatic heterocycles. The number of rotatable bonds is 4. The van der Waals surface area contributed by atoms with Crippen LogP contribution in [0.3, 0.4) is 0 Å². The molecule has 0 bridgehead atoms. The molecule has 0 unspecified atom stereocenters. The monoisotopic (exact) mass is 799 g/mol. The minimum Gasteiger partial charge on any atom is -0.500 e. The maximum atomic E-state index is 6.05. The van der Waals surface area contributed by atoms with Crippen molar-refractivity contribution in [3.63, 3.8) is 0 Å². The van der Waals surface area contributed by atoms with E-state index in [0.29, 0.717) is 0 Å². The molecule has 0 saturated heterocycles. The summed E-state index contributed by atoms with van der Waals surface area (Å²) < 4.78 is 7.50. The predicted octanol–water partition coefficient (Wildman–Crippen LogP) is 9.52. The van der Waals surface area contributed by atoms with Crippen LogP contribution in [0.4, 0.5) is 0 Å². The second kappa shape index (κ2) is 13.2. The van der Waals surface area contributed by atoms with Gasteiger partial charge in [0.1, 0.15) is 5.58 Å². The number of aromatic nitrogens is 2. The van der Waals surface area contributed by atoms with Crippen molar-refractivity contribution in [2.45, 2.75) is 24.2 Å². The Bertz CT molecular complexity index is 1940. The zero-order valence-corrected chi connectivity index (χ0v) is 29.2. The molecule has 5 heteroatoms. The fourth-order valence-corrected chi connectivity index (χ4v) is 7.03. The second-order valence-electron chi connectivity index (χ2n) is 11.5. The van der Waals surface area contributed by atoms with Crippen LogP contribution in [0.25, 0.3) is 55.6 Å². The Morgan fingerprint density at radius 2 is 1.40 bits per heavy atom. The Balaban J connectivity index is 0.000000180. The zero-order valence-electron chi connectivity index (χ0n) is 24.7. The summed E-state index contributed by atoms with van der Waals surface area (Å²) in [6, 6.07) is 43.7. The Hall–Kier alpha value is -3.83. The van der Waals surface area contributed by atoms with Gasteiger partial charge in [-0.05, 0) is 29.0 Å². The second-order valence-corrected chi connectivity index (χ2v) is 22.1. The molecule has 0 N–H and O–H groups in total. The van der Waals surface area contributed by atoms with E-state index in [1.807, 2.05) is 54.7 Å². The van der Waals surface area contributed by atoms with Gasteiger partial charge in [0.05, 0.1) is 5.58 Å². The van der Waals surface area contributed by atoms with E-state index in [2.05, 4.69) is 107 Å². The molecule has 3 heterocycles. The van der Waals surface area contributed by atoms with E-state index in [4.69, 9.17) is 4.42 Å². The molecule has 0 aliphatic heterocycles. The van der Waals surface area contributed by atoms with Crippen LogP contribution in [0.1, 0.15) is 5.56 Å². The van der Waals surface area contributed by atoms with Crippen molar-refractivity contribution in [1.82, 2.24) is 9.97 Å². The van der Waals surface area contributed by atoms with Gasteiger partial charge in [-0.25, -0.2) is 0 Å². The van der Waals surface area contributed by atoms with E-state index in [0.717, 1.165) is 50.0 Å². The number of nitrogens with zero attached hydrogens (tertiary/aromatic N) is 2. The number of hydrogen-bond acceptors (Lipinski definition) is 3. The third-order valence-electron chi connectivity index (χ3n) is 7.33. The third-order valence-corrected chi connectivity index (χ3v) is 11.6. The minimum atomic E-state index is -1.73. The first-order valence-electron chi connectivity index (χ1n) is 14.2. The first-order valence-corrected chi connectivity index (χ1v) is 21.5. The number of hydrogen-bond donors (Lipinski definition) is 0. The average Bonchev–Trinajstić information content (AvgIpc) is 3.39. The van der Waals surface area contributed by atoms with Crippen molar-refractivity contribution in [1.29, 1.82) is 0 Å². The summed E-state index contributed by atoms with van der Waals surface area (Å²) in [5.41, 5.74) is 9.29. The molecule has 7 aromatic rings. The zero-order chi connectivity index (χ0) is 29.1. The van der Waals surface area contributed by atoms with Gasteiger partial charge in [0.15, 0.2) is 0 Å². The van der Waals surface area contributed by atoms with Crippen LogP contribution in [0, 0.1) is 19.1 Å². The number of fused-ring (bicyclic) bond motifs is 3. The summed E-state index contributed by atoms with van der Waals surface area (Å²) in [6.45, 7) is 2.07. The molecule has 0 spiro atoms. The summed E-state index contributed by atoms with van der Waals surface area (Å²) in [7, 11) is 0. The van der Waals surface area contributed by atoms with Crippen molar-refractivity contribution in [2.75, 3.05) is 0 Å². The topological polar surface area (TPSA) is 38.9 Å². The van der Waals surface area contributed by atoms with Crippen LogP contribution in [0.15, 0.2) is 126 Å². The van der Waals surface area contributed by atoms with Gasteiger partial charge in [0, 0.05) is 31.7 Å². The molecular weight excluding hydrogens is 765 g/mol. The van der Waals surface area contributed by atoms with E-state index >= 15 is 0 Å². The van der Waals surface area contributed by atoms with Crippen molar-refractivity contribution in [2.24, 2.45) is 0 Å².